The third kappa shape index (κ3) is 2.00. The van der Waals surface area contributed by atoms with Crippen molar-refractivity contribution in [2.75, 3.05) is 0 Å². The molecule has 70 valence electrons. The average Bonchev–Trinajstić information content (AvgIpc) is 2.08. The van der Waals surface area contributed by atoms with Crippen LogP contribution in [-0.4, -0.2) is 4.98 Å². The number of nitrogens with one attached hydrogen (secondary N) is 1. The van der Waals surface area contributed by atoms with Crippen molar-refractivity contribution < 1.29 is 0 Å². The predicted molar refractivity (Wildman–Crippen MR) is 52.9 cm³/mol. The van der Waals surface area contributed by atoms with Gasteiger partial charge in [0.25, 0.3) is 0 Å². The Morgan fingerprint density at radius 1 is 1.00 bits per heavy atom. The predicted octanol–water partition coefficient (Wildman–Crippen LogP) is 2.03. The molecule has 2 rings (SSSR count). The van der Waals surface area contributed by atoms with Crippen molar-refractivity contribution in [3.63, 3.8) is 0 Å². The molecule has 0 saturated carbocycles. The standard InChI is InChI=1S/C11H15NO/c13-11-8-7-9-5-3-1-2-4-6-10(9)12-11/h7-8H,1-6H2,(H,12,13). The second-order valence-electron chi connectivity index (χ2n) is 3.74. The fourth-order valence-corrected chi connectivity index (χ4v) is 1.98. The molecule has 2 heteroatoms. The maximum Gasteiger partial charge on any atom is 0.248 e. The number of aromatic nitrogens is 1. The van der Waals surface area contributed by atoms with E-state index in [2.05, 4.69) is 4.98 Å². The smallest absolute Gasteiger partial charge is 0.248 e. The molecule has 0 amide bonds. The van der Waals surface area contributed by atoms with Gasteiger partial charge < -0.3 is 4.98 Å². The van der Waals surface area contributed by atoms with Crippen molar-refractivity contribution in [2.45, 2.75) is 38.5 Å². The van der Waals surface area contributed by atoms with Crippen LogP contribution in [0.25, 0.3) is 0 Å². The number of H-pyrrole nitrogens is 1. The minimum absolute atomic E-state index is 0.0410. The molecule has 1 aliphatic carbocycles. The third-order valence-corrected chi connectivity index (χ3v) is 2.72. The van der Waals surface area contributed by atoms with Crippen LogP contribution in [-0.2, 0) is 12.8 Å². The summed E-state index contributed by atoms with van der Waals surface area (Å²) < 4.78 is 0. The largest absolute Gasteiger partial charge is 0.326 e. The minimum Gasteiger partial charge on any atom is -0.326 e. The molecule has 2 nitrogen and oxygen atoms in total. The second kappa shape index (κ2) is 3.77. The highest BCUT2D eigenvalue weighted by Crippen LogP contribution is 2.16. The van der Waals surface area contributed by atoms with Crippen molar-refractivity contribution in [1.82, 2.24) is 4.98 Å². The zero-order valence-electron chi connectivity index (χ0n) is 7.81. The van der Waals surface area contributed by atoms with Crippen LogP contribution in [0.3, 0.4) is 0 Å². The summed E-state index contributed by atoms with van der Waals surface area (Å²) in [6, 6.07) is 3.62. The fourth-order valence-electron chi connectivity index (χ4n) is 1.98. The lowest BCUT2D eigenvalue weighted by molar-refractivity contribution is 0.607. The maximum absolute atomic E-state index is 11.1. The van der Waals surface area contributed by atoms with E-state index in [1.165, 1.54) is 36.9 Å². The molecule has 0 unspecified atom stereocenters. The van der Waals surface area contributed by atoms with Crippen LogP contribution in [0.2, 0.25) is 0 Å². The van der Waals surface area contributed by atoms with Gasteiger partial charge in [0, 0.05) is 11.8 Å². The summed E-state index contributed by atoms with van der Waals surface area (Å²) in [6.07, 6.45) is 7.29. The molecule has 0 radical (unpaired) electrons. The number of fused-ring (bicyclic) bond motifs is 1. The van der Waals surface area contributed by atoms with Crippen LogP contribution in [0.1, 0.15) is 36.9 Å². The highest BCUT2D eigenvalue weighted by Gasteiger charge is 2.06. The molecule has 0 fully saturated rings. The first-order valence-corrected chi connectivity index (χ1v) is 5.07. The van der Waals surface area contributed by atoms with Crippen LogP contribution in [0.5, 0.6) is 0 Å². The van der Waals surface area contributed by atoms with Gasteiger partial charge in [-0.2, -0.15) is 0 Å². The number of hydrogen-bond acceptors (Lipinski definition) is 1. The number of aryl methyl sites for hydroxylation is 2. The second-order valence-corrected chi connectivity index (χ2v) is 3.74. The molecule has 0 atom stereocenters. The lowest BCUT2D eigenvalue weighted by Crippen LogP contribution is -2.11. The third-order valence-electron chi connectivity index (χ3n) is 2.72. The first-order chi connectivity index (χ1) is 6.36. The van der Waals surface area contributed by atoms with Crippen LogP contribution >= 0.6 is 0 Å². The molecular weight excluding hydrogens is 162 g/mol. The van der Waals surface area contributed by atoms with E-state index in [0.29, 0.717) is 0 Å². The fraction of sp³-hybridized carbons (Fsp3) is 0.545. The molecule has 13 heavy (non-hydrogen) atoms. The Hall–Kier alpha value is -1.05. The van der Waals surface area contributed by atoms with Gasteiger partial charge in [0.15, 0.2) is 0 Å². The summed E-state index contributed by atoms with van der Waals surface area (Å²) in [5, 5.41) is 0. The van der Waals surface area contributed by atoms with Crippen LogP contribution in [0.15, 0.2) is 16.9 Å². The number of rotatable bonds is 0. The van der Waals surface area contributed by atoms with Gasteiger partial charge in [-0.15, -0.1) is 0 Å². The molecule has 0 bridgehead atoms. The van der Waals surface area contributed by atoms with E-state index in [9.17, 15) is 4.79 Å². The average molecular weight is 177 g/mol. The molecule has 1 heterocycles. The summed E-state index contributed by atoms with van der Waals surface area (Å²) in [5.74, 6) is 0. The number of hydrogen-bond donors (Lipinski definition) is 1. The monoisotopic (exact) mass is 177 g/mol. The lowest BCUT2D eigenvalue weighted by atomic mass is 9.97. The van der Waals surface area contributed by atoms with Crippen LogP contribution < -0.4 is 5.56 Å². The van der Waals surface area contributed by atoms with Gasteiger partial charge >= 0.3 is 0 Å². The van der Waals surface area contributed by atoms with E-state index in [1.54, 1.807) is 6.07 Å². The Bertz CT molecular complexity index is 340. The number of pyridine rings is 1. The van der Waals surface area contributed by atoms with Gasteiger partial charge in [0.1, 0.15) is 0 Å². The lowest BCUT2D eigenvalue weighted by Gasteiger charge is -2.12. The molecule has 0 spiro atoms. The van der Waals surface area contributed by atoms with E-state index in [1.807, 2.05) is 6.07 Å². The maximum atomic E-state index is 11.1. The highest BCUT2D eigenvalue weighted by atomic mass is 16.1. The first-order valence-electron chi connectivity index (χ1n) is 5.07. The molecule has 1 aromatic rings. The Kier molecular flexibility index (Phi) is 2.48. The summed E-state index contributed by atoms with van der Waals surface area (Å²) in [7, 11) is 0. The Morgan fingerprint density at radius 3 is 2.62 bits per heavy atom. The summed E-state index contributed by atoms with van der Waals surface area (Å²) in [5.41, 5.74) is 2.56. The Labute approximate surface area is 78.0 Å². The SMILES string of the molecule is O=c1ccc2c([nH]1)CCCCCC2. The van der Waals surface area contributed by atoms with Gasteiger partial charge in [-0.05, 0) is 31.2 Å². The van der Waals surface area contributed by atoms with Crippen LogP contribution in [0, 0.1) is 0 Å². The molecule has 0 saturated heterocycles. The molecule has 1 aromatic heterocycles. The summed E-state index contributed by atoms with van der Waals surface area (Å²) >= 11 is 0. The van der Waals surface area contributed by atoms with E-state index >= 15 is 0 Å². The van der Waals surface area contributed by atoms with Gasteiger partial charge in [-0.25, -0.2) is 0 Å². The molecular formula is C11H15NO. The van der Waals surface area contributed by atoms with Gasteiger partial charge in [0.05, 0.1) is 0 Å². The Morgan fingerprint density at radius 2 is 1.77 bits per heavy atom. The quantitative estimate of drug-likeness (QED) is 0.646. The zero-order chi connectivity index (χ0) is 9.10. The van der Waals surface area contributed by atoms with Gasteiger partial charge in [-0.1, -0.05) is 18.9 Å². The van der Waals surface area contributed by atoms with Crippen LogP contribution in [0.4, 0.5) is 0 Å². The van der Waals surface area contributed by atoms with Crippen molar-refractivity contribution >= 4 is 0 Å². The van der Waals surface area contributed by atoms with Gasteiger partial charge in [-0.3, -0.25) is 4.79 Å². The highest BCUT2D eigenvalue weighted by molar-refractivity contribution is 5.20. The van der Waals surface area contributed by atoms with E-state index in [4.69, 9.17) is 0 Å². The summed E-state index contributed by atoms with van der Waals surface area (Å²) in [4.78, 5) is 14.0. The zero-order valence-corrected chi connectivity index (χ0v) is 7.81. The minimum atomic E-state index is 0.0410. The van der Waals surface area contributed by atoms with Crippen molar-refractivity contribution in [2.24, 2.45) is 0 Å². The number of aromatic amines is 1. The molecule has 0 aliphatic heterocycles. The first kappa shape index (κ1) is 8.54. The Balaban J connectivity index is 2.33. The van der Waals surface area contributed by atoms with Crippen molar-refractivity contribution in [1.29, 1.82) is 0 Å². The van der Waals surface area contributed by atoms with E-state index in [-0.39, 0.29) is 5.56 Å². The topological polar surface area (TPSA) is 32.9 Å². The van der Waals surface area contributed by atoms with E-state index < -0.39 is 0 Å². The molecule has 1 aliphatic rings. The van der Waals surface area contributed by atoms with E-state index in [0.717, 1.165) is 12.8 Å². The molecule has 0 aromatic carbocycles. The molecule has 1 N–H and O–H groups in total. The van der Waals surface area contributed by atoms with Gasteiger partial charge in [0.2, 0.25) is 5.56 Å². The summed E-state index contributed by atoms with van der Waals surface area (Å²) in [6.45, 7) is 0. The normalized spacial score (nSPS) is 17.2. The van der Waals surface area contributed by atoms with Crippen molar-refractivity contribution in [3.8, 4) is 0 Å². The van der Waals surface area contributed by atoms with Crippen molar-refractivity contribution in [3.05, 3.63) is 33.7 Å².